The van der Waals surface area contributed by atoms with Crippen molar-refractivity contribution >= 4 is 0 Å². The van der Waals surface area contributed by atoms with Crippen LogP contribution in [0.25, 0.3) is 0 Å². The van der Waals surface area contributed by atoms with Crippen LogP contribution in [0.15, 0.2) is 24.3 Å². The minimum atomic E-state index is -2.41. The quantitative estimate of drug-likeness (QED) is 0.726. The van der Waals surface area contributed by atoms with Crippen LogP contribution in [0.4, 0.5) is 8.78 Å². The van der Waals surface area contributed by atoms with Crippen molar-refractivity contribution in [1.82, 2.24) is 0 Å². The van der Waals surface area contributed by atoms with Crippen molar-refractivity contribution in [1.29, 1.82) is 0 Å². The van der Waals surface area contributed by atoms with Crippen LogP contribution in [0, 0.1) is 6.92 Å². The molecule has 80 valence electrons. The summed E-state index contributed by atoms with van der Waals surface area (Å²) in [7, 11) is 0. The van der Waals surface area contributed by atoms with Crippen molar-refractivity contribution in [3.05, 3.63) is 29.8 Å². The first kappa shape index (κ1) is 12.9. The van der Waals surface area contributed by atoms with Gasteiger partial charge in [0.05, 0.1) is 0 Å². The predicted molar refractivity (Wildman–Crippen MR) is 54.0 cm³/mol. The second kappa shape index (κ2) is 7.30. The van der Waals surface area contributed by atoms with E-state index in [1.807, 2.05) is 32.9 Å². The molecule has 0 bridgehead atoms. The van der Waals surface area contributed by atoms with Gasteiger partial charge in [-0.05, 0) is 19.1 Å². The first-order valence-corrected chi connectivity index (χ1v) is 4.66. The van der Waals surface area contributed by atoms with Crippen molar-refractivity contribution in [2.24, 2.45) is 0 Å². The molecule has 0 fully saturated rings. The molecule has 14 heavy (non-hydrogen) atoms. The molecule has 1 aromatic rings. The Morgan fingerprint density at radius 2 is 1.64 bits per heavy atom. The molecule has 0 N–H and O–H groups in total. The fraction of sp³-hybridized carbons (Fsp3) is 0.455. The van der Waals surface area contributed by atoms with Gasteiger partial charge in [0, 0.05) is 0 Å². The standard InChI is InChI=1S/C9H10F2O.C2H6/c1-7-2-4-8(5-3-7)12-6-9(10)11;1-2/h2-5,9H,6H2,1H3;1-2H3. The zero-order valence-electron chi connectivity index (χ0n) is 8.76. The minimum Gasteiger partial charge on any atom is -0.488 e. The summed E-state index contributed by atoms with van der Waals surface area (Å²) in [5.41, 5.74) is 1.08. The van der Waals surface area contributed by atoms with E-state index < -0.39 is 13.0 Å². The number of ether oxygens (including phenoxy) is 1. The lowest BCUT2D eigenvalue weighted by molar-refractivity contribution is 0.0819. The fourth-order valence-corrected chi connectivity index (χ4v) is 0.794. The fourth-order valence-electron chi connectivity index (χ4n) is 0.794. The molecule has 0 radical (unpaired) electrons. The van der Waals surface area contributed by atoms with Gasteiger partial charge >= 0.3 is 0 Å². The third-order valence-corrected chi connectivity index (χ3v) is 1.40. The van der Waals surface area contributed by atoms with E-state index in [9.17, 15) is 8.78 Å². The van der Waals surface area contributed by atoms with Crippen molar-refractivity contribution in [2.45, 2.75) is 27.2 Å². The first-order chi connectivity index (χ1) is 6.68. The van der Waals surface area contributed by atoms with Crippen LogP contribution in [0.2, 0.25) is 0 Å². The molecule has 0 aliphatic rings. The zero-order chi connectivity index (χ0) is 11.0. The Hall–Kier alpha value is -1.12. The highest BCUT2D eigenvalue weighted by molar-refractivity contribution is 5.26. The average Bonchev–Trinajstić information content (AvgIpc) is 2.20. The van der Waals surface area contributed by atoms with Gasteiger partial charge in [0.1, 0.15) is 12.4 Å². The Morgan fingerprint density at radius 1 is 1.14 bits per heavy atom. The van der Waals surface area contributed by atoms with E-state index >= 15 is 0 Å². The highest BCUT2D eigenvalue weighted by Gasteiger charge is 2.02. The molecule has 0 unspecified atom stereocenters. The van der Waals surface area contributed by atoms with Gasteiger partial charge in [-0.3, -0.25) is 0 Å². The van der Waals surface area contributed by atoms with Crippen LogP contribution >= 0.6 is 0 Å². The zero-order valence-corrected chi connectivity index (χ0v) is 8.76. The van der Waals surface area contributed by atoms with Crippen LogP contribution < -0.4 is 4.74 Å². The van der Waals surface area contributed by atoms with Crippen LogP contribution in [0.5, 0.6) is 5.75 Å². The summed E-state index contributed by atoms with van der Waals surface area (Å²) in [5, 5.41) is 0. The van der Waals surface area contributed by atoms with E-state index in [-0.39, 0.29) is 0 Å². The van der Waals surface area contributed by atoms with E-state index in [0.717, 1.165) is 5.56 Å². The van der Waals surface area contributed by atoms with E-state index in [1.165, 1.54) is 0 Å². The molecule has 0 atom stereocenters. The second-order valence-electron chi connectivity index (χ2n) is 2.52. The first-order valence-electron chi connectivity index (χ1n) is 4.66. The normalized spacial score (nSPS) is 9.29. The molecule has 1 rings (SSSR count). The molecule has 0 saturated heterocycles. The minimum absolute atomic E-state index is 0.487. The average molecular weight is 202 g/mol. The Bertz CT molecular complexity index is 232. The van der Waals surface area contributed by atoms with Crippen molar-refractivity contribution in [2.75, 3.05) is 6.61 Å². The molecule has 3 heteroatoms. The van der Waals surface area contributed by atoms with Crippen LogP contribution in [0.3, 0.4) is 0 Å². The number of halogens is 2. The molecule has 0 aromatic heterocycles. The molecular formula is C11H16F2O. The Labute approximate surface area is 83.7 Å². The highest BCUT2D eigenvalue weighted by Crippen LogP contribution is 2.11. The van der Waals surface area contributed by atoms with Crippen LogP contribution in [-0.4, -0.2) is 13.0 Å². The summed E-state index contributed by atoms with van der Waals surface area (Å²) in [6, 6.07) is 7.00. The van der Waals surface area contributed by atoms with Gasteiger partial charge in [-0.15, -0.1) is 0 Å². The molecule has 0 aliphatic heterocycles. The van der Waals surface area contributed by atoms with Gasteiger partial charge in [0.2, 0.25) is 0 Å². The predicted octanol–water partition coefficient (Wildman–Crippen LogP) is 3.67. The van der Waals surface area contributed by atoms with Gasteiger partial charge in [-0.1, -0.05) is 31.5 Å². The molecule has 1 nitrogen and oxygen atoms in total. The van der Waals surface area contributed by atoms with E-state index in [2.05, 4.69) is 0 Å². The number of rotatable bonds is 3. The van der Waals surface area contributed by atoms with Crippen molar-refractivity contribution in [3.63, 3.8) is 0 Å². The number of aryl methyl sites for hydroxylation is 1. The molecule has 0 saturated carbocycles. The number of benzene rings is 1. The van der Waals surface area contributed by atoms with Gasteiger partial charge in [-0.2, -0.15) is 0 Å². The Morgan fingerprint density at radius 3 is 2.07 bits per heavy atom. The number of hydrogen-bond acceptors (Lipinski definition) is 1. The third-order valence-electron chi connectivity index (χ3n) is 1.40. The maximum atomic E-state index is 11.7. The smallest absolute Gasteiger partial charge is 0.272 e. The van der Waals surface area contributed by atoms with Crippen LogP contribution in [0.1, 0.15) is 19.4 Å². The summed E-state index contributed by atoms with van der Waals surface area (Å²) in [5.74, 6) is 0.487. The van der Waals surface area contributed by atoms with Gasteiger partial charge < -0.3 is 4.74 Å². The largest absolute Gasteiger partial charge is 0.488 e. The molecular weight excluding hydrogens is 186 g/mol. The van der Waals surface area contributed by atoms with Crippen molar-refractivity contribution in [3.8, 4) is 5.75 Å². The van der Waals surface area contributed by atoms with Gasteiger partial charge in [0.15, 0.2) is 0 Å². The summed E-state index contributed by atoms with van der Waals surface area (Å²) < 4.78 is 28.1. The Kier molecular flexibility index (Phi) is 6.72. The maximum Gasteiger partial charge on any atom is 0.272 e. The van der Waals surface area contributed by atoms with Gasteiger partial charge in [0.25, 0.3) is 6.43 Å². The lowest BCUT2D eigenvalue weighted by Crippen LogP contribution is -2.06. The number of hydrogen-bond donors (Lipinski definition) is 0. The monoisotopic (exact) mass is 202 g/mol. The molecule has 0 aliphatic carbocycles. The highest BCUT2D eigenvalue weighted by atomic mass is 19.3. The van der Waals surface area contributed by atoms with E-state index in [0.29, 0.717) is 5.75 Å². The summed E-state index contributed by atoms with van der Waals surface area (Å²) in [6.45, 7) is 5.39. The second-order valence-corrected chi connectivity index (χ2v) is 2.52. The Balaban J connectivity index is 0.000000791. The summed E-state index contributed by atoms with van der Waals surface area (Å²) in [4.78, 5) is 0. The van der Waals surface area contributed by atoms with E-state index in [1.54, 1.807) is 12.1 Å². The molecule has 0 amide bonds. The molecule has 1 aromatic carbocycles. The third kappa shape index (κ3) is 5.51. The van der Waals surface area contributed by atoms with Crippen molar-refractivity contribution < 1.29 is 13.5 Å². The number of alkyl halides is 2. The lowest BCUT2D eigenvalue weighted by Gasteiger charge is -2.04. The lowest BCUT2D eigenvalue weighted by atomic mass is 10.2. The summed E-state index contributed by atoms with van der Waals surface area (Å²) >= 11 is 0. The summed E-state index contributed by atoms with van der Waals surface area (Å²) in [6.07, 6.45) is -2.41. The van der Waals surface area contributed by atoms with Gasteiger partial charge in [-0.25, -0.2) is 8.78 Å². The maximum absolute atomic E-state index is 11.7. The molecule has 0 spiro atoms. The molecule has 0 heterocycles. The topological polar surface area (TPSA) is 9.23 Å². The SMILES string of the molecule is CC.Cc1ccc(OCC(F)F)cc1. The van der Waals surface area contributed by atoms with E-state index in [4.69, 9.17) is 4.74 Å². The van der Waals surface area contributed by atoms with Crippen LogP contribution in [-0.2, 0) is 0 Å².